The molecule has 3 heterocycles. The minimum Gasteiger partial charge on any atom is -0.496 e. The molecule has 9 heteroatoms. The third kappa shape index (κ3) is 5.32. The Morgan fingerprint density at radius 2 is 2.05 bits per heavy atom. The highest BCUT2D eigenvalue weighted by Gasteiger charge is 2.32. The fraction of sp³-hybridized carbons (Fsp3) is 0.433. The number of aromatic nitrogens is 2. The van der Waals surface area contributed by atoms with Gasteiger partial charge >= 0.3 is 0 Å². The summed E-state index contributed by atoms with van der Waals surface area (Å²) in [5.74, 6) is -0.480. The largest absolute Gasteiger partial charge is 0.496 e. The van der Waals surface area contributed by atoms with Crippen molar-refractivity contribution in [2.75, 3.05) is 34.2 Å². The number of methoxy groups -OCH3 is 1. The van der Waals surface area contributed by atoms with Gasteiger partial charge in [-0.25, -0.2) is 4.68 Å². The van der Waals surface area contributed by atoms with Gasteiger partial charge in [0.15, 0.2) is 5.69 Å². The number of hydrogen-bond acceptors (Lipinski definition) is 6. The van der Waals surface area contributed by atoms with Gasteiger partial charge in [0.25, 0.3) is 5.91 Å². The molecule has 0 saturated heterocycles. The molecule has 2 aliphatic rings. The molecule has 1 aliphatic heterocycles. The van der Waals surface area contributed by atoms with Crippen LogP contribution in [0.4, 0.5) is 0 Å². The van der Waals surface area contributed by atoms with Gasteiger partial charge in [-0.1, -0.05) is 18.1 Å². The van der Waals surface area contributed by atoms with Crippen molar-refractivity contribution < 1.29 is 27.3 Å². The predicted molar refractivity (Wildman–Crippen MR) is 154 cm³/mol. The first-order chi connectivity index (χ1) is 21.2. The molecule has 1 aliphatic carbocycles. The number of amides is 2. The van der Waals surface area contributed by atoms with Crippen LogP contribution in [0.2, 0.25) is 0 Å². The van der Waals surface area contributed by atoms with Crippen LogP contribution in [-0.4, -0.2) is 65.5 Å². The molecule has 206 valence electrons. The highest BCUT2D eigenvalue weighted by atomic mass is 32.1. The summed E-state index contributed by atoms with van der Waals surface area (Å²) in [5, 5.41) is 8.41. The van der Waals surface area contributed by atoms with Crippen molar-refractivity contribution in [1.29, 1.82) is 0 Å². The van der Waals surface area contributed by atoms with E-state index >= 15 is 0 Å². The summed E-state index contributed by atoms with van der Waals surface area (Å²) in [6.45, 7) is -2.13. The van der Waals surface area contributed by atoms with Gasteiger partial charge in [0.05, 0.1) is 18.5 Å². The van der Waals surface area contributed by atoms with Crippen molar-refractivity contribution in [3.63, 3.8) is 0 Å². The number of rotatable bonds is 9. The van der Waals surface area contributed by atoms with E-state index in [1.807, 2.05) is 42.8 Å². The monoisotopic (exact) mass is 554 g/mol. The SMILES string of the molecule is [2H]C([2H])([2H])N(CCCN(C(=O)C1CCC1)C([2H])([2H])[2H])C(=O)c1nn(-c2ccsc2)c2c1COc1cc(OC)c(C=C(C)C)cc1-2. The molecule has 39 heavy (non-hydrogen) atoms. The second kappa shape index (κ2) is 11.3. The Morgan fingerprint density at radius 3 is 2.69 bits per heavy atom. The fourth-order valence-electron chi connectivity index (χ4n) is 4.84. The lowest BCUT2D eigenvalue weighted by molar-refractivity contribution is -0.136. The summed E-state index contributed by atoms with van der Waals surface area (Å²) in [6.07, 6.45) is 4.07. The lowest BCUT2D eigenvalue weighted by atomic mass is 9.84. The first-order valence-corrected chi connectivity index (χ1v) is 13.9. The first kappa shape index (κ1) is 20.3. The molecule has 3 aromatic rings. The average Bonchev–Trinajstić information content (AvgIpc) is 3.58. The van der Waals surface area contributed by atoms with E-state index in [0.29, 0.717) is 46.8 Å². The number of thiophene rings is 1. The van der Waals surface area contributed by atoms with Crippen molar-refractivity contribution in [1.82, 2.24) is 19.6 Å². The van der Waals surface area contributed by atoms with Crippen LogP contribution in [0, 0.1) is 5.92 Å². The van der Waals surface area contributed by atoms with Crippen molar-refractivity contribution in [2.45, 2.75) is 46.1 Å². The molecule has 5 rings (SSSR count). The third-order valence-electron chi connectivity index (χ3n) is 7.07. The Kier molecular flexibility index (Phi) is 5.87. The second-order valence-electron chi connectivity index (χ2n) is 10.1. The summed E-state index contributed by atoms with van der Waals surface area (Å²) in [6, 6.07) is 5.55. The molecule has 1 saturated carbocycles. The average molecular weight is 555 g/mol. The molecule has 0 radical (unpaired) electrons. The zero-order valence-electron chi connectivity index (χ0n) is 28.3. The standard InChI is InChI=1S/C30H36N4O4S/c1-19(2)14-21-15-23-26(16-25(21)37-5)38-17-24-27(31-34(28(23)24)22-10-13-39-18-22)30(36)33(4)12-7-11-32(3)29(35)20-8-6-9-20/h10,13-16,18,20H,6-9,11-12,17H2,1-5H3/i3D3,4D3. The Morgan fingerprint density at radius 1 is 1.26 bits per heavy atom. The molecule has 0 spiro atoms. The van der Waals surface area contributed by atoms with E-state index in [4.69, 9.17) is 17.7 Å². The maximum atomic E-state index is 14.1. The Balaban J connectivity index is 1.51. The van der Waals surface area contributed by atoms with Gasteiger partial charge in [-0.05, 0) is 50.6 Å². The summed E-state index contributed by atoms with van der Waals surface area (Å²) in [5.41, 5.74) is 4.19. The Labute approximate surface area is 242 Å². The van der Waals surface area contributed by atoms with Crippen molar-refractivity contribution in [3.8, 4) is 28.4 Å². The summed E-state index contributed by atoms with van der Waals surface area (Å²) >= 11 is 1.45. The fourth-order valence-corrected chi connectivity index (χ4v) is 5.45. The van der Waals surface area contributed by atoms with Crippen LogP contribution in [0.3, 0.4) is 0 Å². The molecule has 2 aromatic heterocycles. The maximum absolute atomic E-state index is 14.1. The van der Waals surface area contributed by atoms with Crippen LogP contribution in [0.15, 0.2) is 34.5 Å². The maximum Gasteiger partial charge on any atom is 0.274 e. The van der Waals surface area contributed by atoms with E-state index in [0.717, 1.165) is 27.4 Å². The highest BCUT2D eigenvalue weighted by molar-refractivity contribution is 7.08. The van der Waals surface area contributed by atoms with E-state index in [9.17, 15) is 9.59 Å². The zero-order chi connectivity index (χ0) is 32.7. The first-order valence-electron chi connectivity index (χ1n) is 16.0. The second-order valence-corrected chi connectivity index (χ2v) is 10.9. The summed E-state index contributed by atoms with van der Waals surface area (Å²) < 4.78 is 61.4. The zero-order valence-corrected chi connectivity index (χ0v) is 23.1. The number of ether oxygens (including phenoxy) is 2. The van der Waals surface area contributed by atoms with Gasteiger partial charge in [-0.15, -0.1) is 0 Å². The van der Waals surface area contributed by atoms with Crippen LogP contribution < -0.4 is 9.47 Å². The lowest BCUT2D eigenvalue weighted by Gasteiger charge is -2.29. The van der Waals surface area contributed by atoms with Crippen molar-refractivity contribution in [3.05, 3.63) is 51.4 Å². The van der Waals surface area contributed by atoms with Gasteiger partial charge in [-0.2, -0.15) is 16.4 Å². The number of carbonyl (C=O) groups is 2. The quantitative estimate of drug-likeness (QED) is 0.342. The Hall–Kier alpha value is -3.59. The molecule has 0 bridgehead atoms. The number of benzene rings is 1. The highest BCUT2D eigenvalue weighted by Crippen LogP contribution is 2.44. The normalized spacial score (nSPS) is 16.9. The topological polar surface area (TPSA) is 76.9 Å². The molecular formula is C30H36N4O4S. The molecule has 0 unspecified atom stereocenters. The lowest BCUT2D eigenvalue weighted by Crippen LogP contribution is -2.38. The Bertz CT molecular complexity index is 1610. The van der Waals surface area contributed by atoms with Crippen LogP contribution in [0.1, 0.15) is 69.4 Å². The van der Waals surface area contributed by atoms with Crippen LogP contribution in [-0.2, 0) is 11.4 Å². The minimum absolute atomic E-state index is 0.0315. The van der Waals surface area contributed by atoms with Crippen LogP contribution >= 0.6 is 11.3 Å². The molecule has 2 amide bonds. The van der Waals surface area contributed by atoms with E-state index in [2.05, 4.69) is 5.10 Å². The van der Waals surface area contributed by atoms with Crippen molar-refractivity contribution in [2.24, 2.45) is 5.92 Å². The summed E-state index contributed by atoms with van der Waals surface area (Å²) in [7, 11) is 1.58. The number of allylic oxidation sites excluding steroid dienone is 1. The molecule has 0 atom stereocenters. The molecule has 1 aromatic carbocycles. The van der Waals surface area contributed by atoms with Gasteiger partial charge in [0.2, 0.25) is 5.91 Å². The van der Waals surface area contributed by atoms with E-state index in [-0.39, 0.29) is 37.7 Å². The number of nitrogens with zero attached hydrogens (tertiary/aromatic N) is 4. The summed E-state index contributed by atoms with van der Waals surface area (Å²) in [4.78, 5) is 28.4. The molecule has 1 fully saturated rings. The third-order valence-corrected chi connectivity index (χ3v) is 7.74. The van der Waals surface area contributed by atoms with Crippen molar-refractivity contribution >= 4 is 29.2 Å². The molecular weight excluding hydrogens is 512 g/mol. The van der Waals surface area contributed by atoms with E-state index < -0.39 is 25.8 Å². The smallest absolute Gasteiger partial charge is 0.274 e. The number of carbonyl (C=O) groups excluding carboxylic acids is 2. The van der Waals surface area contributed by atoms with Crippen LogP contribution in [0.5, 0.6) is 11.5 Å². The van der Waals surface area contributed by atoms with Gasteiger partial charge in [0.1, 0.15) is 18.1 Å². The predicted octanol–water partition coefficient (Wildman–Crippen LogP) is 5.65. The molecule has 0 N–H and O–H groups in total. The number of fused-ring (bicyclic) bond motifs is 3. The minimum atomic E-state index is -2.85. The van der Waals surface area contributed by atoms with Gasteiger partial charge < -0.3 is 19.3 Å². The van der Waals surface area contributed by atoms with E-state index in [1.54, 1.807) is 17.9 Å². The van der Waals surface area contributed by atoms with E-state index in [1.165, 1.54) is 11.3 Å². The number of hydrogen-bond donors (Lipinski definition) is 0. The van der Waals surface area contributed by atoms with Crippen LogP contribution in [0.25, 0.3) is 23.0 Å². The van der Waals surface area contributed by atoms with Gasteiger partial charge in [-0.3, -0.25) is 9.59 Å². The molecule has 8 nitrogen and oxygen atoms in total. The van der Waals surface area contributed by atoms with Gasteiger partial charge in [0, 0.05) is 69.3 Å².